The van der Waals surface area contributed by atoms with Crippen LogP contribution in [0, 0.1) is 0 Å². The normalized spacial score (nSPS) is 21.2. The second-order valence-electron chi connectivity index (χ2n) is 3.35. The van der Waals surface area contributed by atoms with Crippen molar-refractivity contribution in [3.63, 3.8) is 0 Å². The van der Waals surface area contributed by atoms with Crippen molar-refractivity contribution in [2.75, 3.05) is 5.88 Å². The fraction of sp³-hybridized carbons (Fsp3) is 0.400. The van der Waals surface area contributed by atoms with Crippen LogP contribution in [0.15, 0.2) is 18.2 Å². The first-order chi connectivity index (χ1) is 6.29. The van der Waals surface area contributed by atoms with Crippen molar-refractivity contribution in [2.45, 2.75) is 19.0 Å². The lowest BCUT2D eigenvalue weighted by atomic mass is 9.97. The Kier molecular flexibility index (Phi) is 2.77. The van der Waals surface area contributed by atoms with E-state index in [9.17, 15) is 0 Å². The lowest BCUT2D eigenvalue weighted by molar-refractivity contribution is 0.518. The minimum Gasteiger partial charge on any atom is -0.308 e. The molecule has 0 spiro atoms. The Morgan fingerprint density at radius 3 is 3.00 bits per heavy atom. The van der Waals surface area contributed by atoms with Gasteiger partial charge in [-0.25, -0.2) is 0 Å². The van der Waals surface area contributed by atoms with Crippen molar-refractivity contribution < 1.29 is 0 Å². The fourth-order valence-corrected chi connectivity index (χ4v) is 2.07. The molecule has 0 saturated heterocycles. The molecule has 70 valence electrons. The maximum atomic E-state index is 5.91. The Morgan fingerprint density at radius 2 is 2.23 bits per heavy atom. The lowest BCUT2D eigenvalue weighted by Crippen LogP contribution is -2.36. The summed E-state index contributed by atoms with van der Waals surface area (Å²) in [4.78, 5) is 0. The standard InChI is InChI=1S/C10H11Cl2N/c11-5-10-4-8-3-9(12)2-1-7(8)6-13-10/h1-3,10,13H,4-6H2. The summed E-state index contributed by atoms with van der Waals surface area (Å²) < 4.78 is 0. The van der Waals surface area contributed by atoms with Crippen LogP contribution >= 0.6 is 23.2 Å². The molecular formula is C10H11Cl2N. The molecule has 2 rings (SSSR count). The lowest BCUT2D eigenvalue weighted by Gasteiger charge is -2.24. The quantitative estimate of drug-likeness (QED) is 0.711. The fourth-order valence-electron chi connectivity index (χ4n) is 1.66. The van der Waals surface area contributed by atoms with E-state index >= 15 is 0 Å². The summed E-state index contributed by atoms with van der Waals surface area (Å²) in [6.07, 6.45) is 0.986. The van der Waals surface area contributed by atoms with E-state index in [0.717, 1.165) is 18.0 Å². The van der Waals surface area contributed by atoms with Crippen LogP contribution < -0.4 is 5.32 Å². The minimum absolute atomic E-state index is 0.396. The summed E-state index contributed by atoms with van der Waals surface area (Å²) in [5, 5.41) is 4.18. The third-order valence-corrected chi connectivity index (χ3v) is 3.01. The van der Waals surface area contributed by atoms with Gasteiger partial charge in [0.15, 0.2) is 0 Å². The predicted octanol–water partition coefficient (Wildman–Crippen LogP) is 2.59. The second kappa shape index (κ2) is 3.87. The highest BCUT2D eigenvalue weighted by Crippen LogP contribution is 2.21. The molecule has 0 fully saturated rings. The van der Waals surface area contributed by atoms with E-state index in [2.05, 4.69) is 11.4 Å². The number of halogens is 2. The summed E-state index contributed by atoms with van der Waals surface area (Å²) in [6, 6.07) is 6.45. The van der Waals surface area contributed by atoms with Crippen molar-refractivity contribution in [2.24, 2.45) is 0 Å². The largest absolute Gasteiger partial charge is 0.308 e. The van der Waals surface area contributed by atoms with Crippen molar-refractivity contribution in [1.82, 2.24) is 5.32 Å². The molecule has 1 aromatic carbocycles. The van der Waals surface area contributed by atoms with Crippen molar-refractivity contribution in [1.29, 1.82) is 0 Å². The van der Waals surface area contributed by atoms with Gasteiger partial charge in [-0.2, -0.15) is 0 Å². The van der Waals surface area contributed by atoms with Crippen LogP contribution in [0.4, 0.5) is 0 Å². The van der Waals surface area contributed by atoms with E-state index in [-0.39, 0.29) is 0 Å². The molecule has 1 nitrogen and oxygen atoms in total. The second-order valence-corrected chi connectivity index (χ2v) is 4.09. The zero-order chi connectivity index (χ0) is 9.26. The van der Waals surface area contributed by atoms with Crippen LogP contribution in [0.1, 0.15) is 11.1 Å². The van der Waals surface area contributed by atoms with Gasteiger partial charge >= 0.3 is 0 Å². The summed E-state index contributed by atoms with van der Waals surface area (Å²) in [5.74, 6) is 0.659. The number of alkyl halides is 1. The van der Waals surface area contributed by atoms with Crippen LogP contribution in [-0.2, 0) is 13.0 Å². The van der Waals surface area contributed by atoms with Gasteiger partial charge in [0.2, 0.25) is 0 Å². The Hall–Kier alpha value is -0.240. The molecule has 0 saturated carbocycles. The van der Waals surface area contributed by atoms with Gasteiger partial charge in [0, 0.05) is 23.5 Å². The summed E-state index contributed by atoms with van der Waals surface area (Å²) in [5.41, 5.74) is 2.67. The van der Waals surface area contributed by atoms with Crippen molar-refractivity contribution in [3.8, 4) is 0 Å². The highest BCUT2D eigenvalue weighted by atomic mass is 35.5. The molecule has 1 N–H and O–H groups in total. The maximum absolute atomic E-state index is 5.91. The van der Waals surface area contributed by atoms with Gasteiger partial charge in [0.25, 0.3) is 0 Å². The zero-order valence-electron chi connectivity index (χ0n) is 7.19. The van der Waals surface area contributed by atoms with Gasteiger partial charge in [-0.1, -0.05) is 17.7 Å². The van der Waals surface area contributed by atoms with E-state index < -0.39 is 0 Å². The van der Waals surface area contributed by atoms with Crippen LogP contribution in [0.2, 0.25) is 5.02 Å². The Balaban J connectivity index is 2.27. The van der Waals surface area contributed by atoms with Crippen LogP contribution in [-0.4, -0.2) is 11.9 Å². The van der Waals surface area contributed by atoms with Crippen molar-refractivity contribution in [3.05, 3.63) is 34.3 Å². The Labute approximate surface area is 88.0 Å². The van der Waals surface area contributed by atoms with E-state index in [4.69, 9.17) is 23.2 Å². The number of hydrogen-bond acceptors (Lipinski definition) is 1. The van der Waals surface area contributed by atoms with Crippen LogP contribution in [0.3, 0.4) is 0 Å². The minimum atomic E-state index is 0.396. The molecule has 3 heteroatoms. The molecule has 1 heterocycles. The van der Waals surface area contributed by atoms with E-state index in [0.29, 0.717) is 11.9 Å². The molecule has 0 radical (unpaired) electrons. The third-order valence-electron chi connectivity index (χ3n) is 2.40. The molecule has 1 aliphatic rings. The molecule has 13 heavy (non-hydrogen) atoms. The summed E-state index contributed by atoms with van der Waals surface area (Å²) in [6.45, 7) is 0.907. The summed E-state index contributed by atoms with van der Waals surface area (Å²) in [7, 11) is 0. The van der Waals surface area contributed by atoms with Gasteiger partial charge in [-0.15, -0.1) is 11.6 Å². The number of benzene rings is 1. The molecule has 0 aromatic heterocycles. The number of nitrogens with one attached hydrogen (secondary N) is 1. The average molecular weight is 216 g/mol. The maximum Gasteiger partial charge on any atom is 0.0408 e. The molecular weight excluding hydrogens is 205 g/mol. The highest BCUT2D eigenvalue weighted by molar-refractivity contribution is 6.30. The van der Waals surface area contributed by atoms with Gasteiger partial charge < -0.3 is 5.32 Å². The molecule has 0 aliphatic carbocycles. The molecule has 0 amide bonds. The van der Waals surface area contributed by atoms with Gasteiger partial charge in [0.1, 0.15) is 0 Å². The topological polar surface area (TPSA) is 12.0 Å². The van der Waals surface area contributed by atoms with E-state index in [1.165, 1.54) is 11.1 Å². The monoisotopic (exact) mass is 215 g/mol. The first kappa shape index (κ1) is 9.32. The van der Waals surface area contributed by atoms with Crippen LogP contribution in [0.5, 0.6) is 0 Å². The van der Waals surface area contributed by atoms with Gasteiger partial charge in [0.05, 0.1) is 0 Å². The molecule has 1 unspecified atom stereocenters. The number of fused-ring (bicyclic) bond motifs is 1. The SMILES string of the molecule is ClCC1Cc2cc(Cl)ccc2CN1. The number of hydrogen-bond donors (Lipinski definition) is 1. The van der Waals surface area contributed by atoms with Gasteiger partial charge in [-0.3, -0.25) is 0 Å². The number of rotatable bonds is 1. The first-order valence-corrected chi connectivity index (χ1v) is 5.27. The first-order valence-electron chi connectivity index (χ1n) is 4.36. The van der Waals surface area contributed by atoms with E-state index in [1.54, 1.807) is 0 Å². The zero-order valence-corrected chi connectivity index (χ0v) is 8.70. The van der Waals surface area contributed by atoms with E-state index in [1.807, 2.05) is 12.1 Å². The van der Waals surface area contributed by atoms with Crippen LogP contribution in [0.25, 0.3) is 0 Å². The molecule has 0 bridgehead atoms. The van der Waals surface area contributed by atoms with Crippen molar-refractivity contribution >= 4 is 23.2 Å². The molecule has 1 aromatic rings. The Morgan fingerprint density at radius 1 is 1.38 bits per heavy atom. The Bertz CT molecular complexity index is 312. The molecule has 1 aliphatic heterocycles. The van der Waals surface area contributed by atoms with Gasteiger partial charge in [-0.05, 0) is 29.7 Å². The smallest absolute Gasteiger partial charge is 0.0408 e. The predicted molar refractivity (Wildman–Crippen MR) is 56.5 cm³/mol. The average Bonchev–Trinajstić information content (AvgIpc) is 2.16. The highest BCUT2D eigenvalue weighted by Gasteiger charge is 2.16. The summed E-state index contributed by atoms with van der Waals surface area (Å²) >= 11 is 11.7. The molecule has 1 atom stereocenters. The third kappa shape index (κ3) is 1.98.